The first-order valence-corrected chi connectivity index (χ1v) is 8.20. The lowest BCUT2D eigenvalue weighted by Gasteiger charge is -2.25. The van der Waals surface area contributed by atoms with Crippen LogP contribution in [0.25, 0.3) is 0 Å². The smallest absolute Gasteiger partial charge is 0.185 e. The average molecular weight is 306 g/mol. The Morgan fingerprint density at radius 1 is 1.14 bits per heavy atom. The normalized spacial score (nSPS) is 25.4. The highest BCUT2D eigenvalue weighted by atomic mass is 32.2. The number of nitrogens with zero attached hydrogens (tertiary/aromatic N) is 2. The van der Waals surface area contributed by atoms with Crippen LogP contribution in [-0.4, -0.2) is 17.2 Å². The first-order chi connectivity index (χ1) is 10.8. The number of hydrogen-bond acceptors (Lipinski definition) is 4. The molecule has 0 aromatic heterocycles. The molecule has 22 heavy (non-hydrogen) atoms. The predicted octanol–water partition coefficient (Wildman–Crippen LogP) is 3.72. The Bertz CT molecular complexity index is 768. The van der Waals surface area contributed by atoms with E-state index in [4.69, 9.17) is 0 Å². The number of para-hydroxylation sites is 1. The fourth-order valence-corrected chi connectivity index (χ4v) is 4.75. The Hall–Kier alpha value is -2.25. The minimum atomic E-state index is -0.242. The molecular weight excluding hydrogens is 292 g/mol. The topological polar surface area (TPSA) is 44.1 Å². The molecule has 0 amide bonds. The van der Waals surface area contributed by atoms with Crippen molar-refractivity contribution in [1.29, 1.82) is 5.26 Å². The molecule has 1 saturated heterocycles. The Balaban J connectivity index is 1.75. The molecule has 1 fully saturated rings. The Morgan fingerprint density at radius 3 is 2.64 bits per heavy atom. The van der Waals surface area contributed by atoms with Gasteiger partial charge in [0.15, 0.2) is 5.78 Å². The van der Waals surface area contributed by atoms with E-state index in [1.807, 2.05) is 48.5 Å². The summed E-state index contributed by atoms with van der Waals surface area (Å²) >= 11 is 1.71. The first kappa shape index (κ1) is 13.4. The summed E-state index contributed by atoms with van der Waals surface area (Å²) in [5.41, 5.74) is 1.81. The standard InChI is InChI=1S/C18H14N2OS/c19-11-13-10-15(17(21)12-6-2-1-3-7-12)20-14-8-4-5-9-16(14)22-18(13)20/h1-9,13,15,18H,10H2. The van der Waals surface area contributed by atoms with Crippen LogP contribution in [0.1, 0.15) is 16.8 Å². The molecule has 0 bridgehead atoms. The van der Waals surface area contributed by atoms with Crippen molar-refractivity contribution in [2.24, 2.45) is 5.92 Å². The number of anilines is 1. The van der Waals surface area contributed by atoms with Crippen molar-refractivity contribution in [3.05, 3.63) is 60.2 Å². The van der Waals surface area contributed by atoms with E-state index < -0.39 is 0 Å². The second-order valence-electron chi connectivity index (χ2n) is 5.60. The summed E-state index contributed by atoms with van der Waals surface area (Å²) in [4.78, 5) is 16.2. The second kappa shape index (κ2) is 5.19. The van der Waals surface area contributed by atoms with Crippen LogP contribution in [0.5, 0.6) is 0 Å². The van der Waals surface area contributed by atoms with Crippen molar-refractivity contribution in [2.75, 3.05) is 4.90 Å². The minimum absolute atomic E-state index is 0.0556. The van der Waals surface area contributed by atoms with E-state index in [9.17, 15) is 10.1 Å². The lowest BCUT2D eigenvalue weighted by Crippen LogP contribution is -2.38. The van der Waals surface area contributed by atoms with Crippen LogP contribution in [0.4, 0.5) is 5.69 Å². The number of thioether (sulfide) groups is 1. The summed E-state index contributed by atoms with van der Waals surface area (Å²) < 4.78 is 0. The predicted molar refractivity (Wildman–Crippen MR) is 86.8 cm³/mol. The second-order valence-corrected chi connectivity index (χ2v) is 6.76. The van der Waals surface area contributed by atoms with Gasteiger partial charge in [-0.25, -0.2) is 0 Å². The molecule has 2 aromatic rings. The van der Waals surface area contributed by atoms with Crippen LogP contribution in [0.2, 0.25) is 0 Å². The van der Waals surface area contributed by atoms with Gasteiger partial charge in [-0.05, 0) is 18.6 Å². The molecule has 2 aromatic carbocycles. The van der Waals surface area contributed by atoms with E-state index in [1.54, 1.807) is 11.8 Å². The number of nitriles is 1. The Labute approximate surface area is 133 Å². The number of carbonyl (C=O) groups excluding carboxylic acids is 1. The zero-order valence-electron chi connectivity index (χ0n) is 11.8. The zero-order valence-corrected chi connectivity index (χ0v) is 12.7. The fourth-order valence-electron chi connectivity index (χ4n) is 3.33. The third-order valence-electron chi connectivity index (χ3n) is 4.35. The van der Waals surface area contributed by atoms with Crippen LogP contribution in [0.3, 0.4) is 0 Å². The molecule has 2 aliphatic heterocycles. The lowest BCUT2D eigenvalue weighted by atomic mass is 9.99. The van der Waals surface area contributed by atoms with Crippen molar-refractivity contribution in [3.63, 3.8) is 0 Å². The molecule has 3 atom stereocenters. The van der Waals surface area contributed by atoms with E-state index in [2.05, 4.69) is 17.0 Å². The largest absolute Gasteiger partial charge is 0.346 e. The molecule has 3 nitrogen and oxygen atoms in total. The molecule has 4 heteroatoms. The van der Waals surface area contributed by atoms with Crippen molar-refractivity contribution in [1.82, 2.24) is 0 Å². The maximum atomic E-state index is 12.9. The molecule has 2 heterocycles. The van der Waals surface area contributed by atoms with Gasteiger partial charge in [-0.1, -0.05) is 54.2 Å². The van der Waals surface area contributed by atoms with Crippen LogP contribution < -0.4 is 4.90 Å². The third-order valence-corrected chi connectivity index (χ3v) is 5.75. The number of rotatable bonds is 2. The number of benzene rings is 2. The van der Waals surface area contributed by atoms with Gasteiger partial charge in [0.05, 0.1) is 29.1 Å². The highest BCUT2D eigenvalue weighted by molar-refractivity contribution is 8.00. The lowest BCUT2D eigenvalue weighted by molar-refractivity contribution is 0.0961. The van der Waals surface area contributed by atoms with Crippen molar-refractivity contribution in [3.8, 4) is 6.07 Å². The molecule has 0 N–H and O–H groups in total. The van der Waals surface area contributed by atoms with Crippen molar-refractivity contribution in [2.45, 2.75) is 22.7 Å². The maximum Gasteiger partial charge on any atom is 0.185 e. The van der Waals surface area contributed by atoms with Gasteiger partial charge in [0.25, 0.3) is 0 Å². The van der Waals surface area contributed by atoms with Gasteiger partial charge in [0.2, 0.25) is 0 Å². The van der Waals surface area contributed by atoms with Gasteiger partial charge in [0.1, 0.15) is 0 Å². The summed E-state index contributed by atoms with van der Waals surface area (Å²) in [5.74, 6) is -0.00397. The van der Waals surface area contributed by atoms with Crippen LogP contribution in [0.15, 0.2) is 59.5 Å². The Kier molecular flexibility index (Phi) is 3.16. The van der Waals surface area contributed by atoms with Crippen LogP contribution in [-0.2, 0) is 0 Å². The quantitative estimate of drug-likeness (QED) is 0.793. The molecule has 0 radical (unpaired) electrons. The molecule has 3 unspecified atom stereocenters. The van der Waals surface area contributed by atoms with Gasteiger partial charge < -0.3 is 4.90 Å². The summed E-state index contributed by atoms with van der Waals surface area (Å²) in [7, 11) is 0. The summed E-state index contributed by atoms with van der Waals surface area (Å²) in [6.07, 6.45) is 0.607. The SMILES string of the molecule is N#CC1CC(C(=O)c2ccccc2)N2c3ccccc3SC12. The number of fused-ring (bicyclic) bond motifs is 3. The molecule has 4 rings (SSSR count). The van der Waals surface area contributed by atoms with Crippen molar-refractivity contribution >= 4 is 23.2 Å². The van der Waals surface area contributed by atoms with E-state index >= 15 is 0 Å². The number of Topliss-reactive ketones (excluding diaryl/α,β-unsaturated/α-hetero) is 1. The van der Waals surface area contributed by atoms with Gasteiger partial charge in [-0.2, -0.15) is 5.26 Å². The van der Waals surface area contributed by atoms with Crippen LogP contribution >= 0.6 is 11.8 Å². The maximum absolute atomic E-state index is 12.9. The molecule has 108 valence electrons. The van der Waals surface area contributed by atoms with Gasteiger partial charge in [-0.15, -0.1) is 0 Å². The van der Waals surface area contributed by atoms with E-state index in [0.717, 1.165) is 11.3 Å². The van der Waals surface area contributed by atoms with Crippen molar-refractivity contribution < 1.29 is 4.79 Å². The number of carbonyl (C=O) groups is 1. The first-order valence-electron chi connectivity index (χ1n) is 7.32. The third kappa shape index (κ3) is 1.93. The number of ketones is 1. The Morgan fingerprint density at radius 2 is 1.86 bits per heavy atom. The molecule has 0 saturated carbocycles. The summed E-state index contributed by atoms with van der Waals surface area (Å²) in [6.45, 7) is 0. The summed E-state index contributed by atoms with van der Waals surface area (Å²) in [5, 5.41) is 9.52. The number of hydrogen-bond donors (Lipinski definition) is 0. The highest BCUT2D eigenvalue weighted by Crippen LogP contribution is 2.52. The summed E-state index contributed by atoms with van der Waals surface area (Å²) in [6, 6.07) is 19.6. The molecular formula is C18H14N2OS. The van der Waals surface area contributed by atoms with Gasteiger partial charge >= 0.3 is 0 Å². The van der Waals surface area contributed by atoms with E-state index in [1.165, 1.54) is 4.90 Å². The highest BCUT2D eigenvalue weighted by Gasteiger charge is 2.49. The zero-order chi connectivity index (χ0) is 15.1. The van der Waals surface area contributed by atoms with Crippen LogP contribution in [0, 0.1) is 17.2 Å². The average Bonchev–Trinajstić information content (AvgIpc) is 3.12. The fraction of sp³-hybridized carbons (Fsp3) is 0.222. The molecule has 0 spiro atoms. The minimum Gasteiger partial charge on any atom is -0.346 e. The van der Waals surface area contributed by atoms with E-state index in [-0.39, 0.29) is 23.1 Å². The van der Waals surface area contributed by atoms with Gasteiger partial charge in [-0.3, -0.25) is 4.79 Å². The monoisotopic (exact) mass is 306 g/mol. The molecule has 2 aliphatic rings. The molecule has 0 aliphatic carbocycles. The van der Waals surface area contributed by atoms with E-state index in [0.29, 0.717) is 6.42 Å². The van der Waals surface area contributed by atoms with Gasteiger partial charge in [0, 0.05) is 10.5 Å².